The van der Waals surface area contributed by atoms with Crippen LogP contribution >= 0.6 is 11.6 Å². The third kappa shape index (κ3) is 4.57. The highest BCUT2D eigenvalue weighted by atomic mass is 35.5. The van der Waals surface area contributed by atoms with Gasteiger partial charge < -0.3 is 19.1 Å². The summed E-state index contributed by atoms with van der Waals surface area (Å²) in [6.45, 7) is 6.36. The number of carbonyl (C=O) groups excluding carboxylic acids is 1. The minimum atomic E-state index is -0.562. The first-order valence-electron chi connectivity index (χ1n) is 9.86. The molecule has 156 valence electrons. The summed E-state index contributed by atoms with van der Waals surface area (Å²) in [5.41, 5.74) is 2.02. The van der Waals surface area contributed by atoms with E-state index in [1.807, 2.05) is 29.2 Å². The summed E-state index contributed by atoms with van der Waals surface area (Å²) in [6.07, 6.45) is -0.562. The van der Waals surface area contributed by atoms with Crippen LogP contribution in [0.1, 0.15) is 12.8 Å². The molecule has 1 unspecified atom stereocenters. The molecule has 3 aromatic rings. The van der Waals surface area contributed by atoms with Crippen molar-refractivity contribution in [2.45, 2.75) is 20.0 Å². The summed E-state index contributed by atoms with van der Waals surface area (Å²) in [6, 6.07) is 15.1. The second-order valence-corrected chi connectivity index (χ2v) is 7.65. The van der Waals surface area contributed by atoms with Gasteiger partial charge in [-0.25, -0.2) is 0 Å². The van der Waals surface area contributed by atoms with Crippen molar-refractivity contribution in [1.29, 1.82) is 0 Å². The number of aryl methyl sites for hydroxylation is 1. The summed E-state index contributed by atoms with van der Waals surface area (Å²) in [4.78, 5) is 21.1. The molecular weight excluding hydrogens is 404 g/mol. The number of amides is 1. The summed E-state index contributed by atoms with van der Waals surface area (Å²) < 4.78 is 10.8. The fourth-order valence-corrected chi connectivity index (χ4v) is 3.66. The van der Waals surface area contributed by atoms with Crippen LogP contribution in [0.3, 0.4) is 0 Å². The van der Waals surface area contributed by atoms with E-state index in [0.29, 0.717) is 35.6 Å². The van der Waals surface area contributed by atoms with E-state index in [2.05, 4.69) is 15.0 Å². The SMILES string of the molecule is Cc1nc(-c2ccc(N3CCN(C(=O)C(C)Oc4cccc(Cl)c4)CC3)cc2)no1. The van der Waals surface area contributed by atoms with Crippen LogP contribution in [0.25, 0.3) is 11.4 Å². The van der Waals surface area contributed by atoms with E-state index < -0.39 is 6.10 Å². The Morgan fingerprint density at radius 1 is 1.13 bits per heavy atom. The Labute approximate surface area is 180 Å². The molecule has 0 spiro atoms. The zero-order chi connectivity index (χ0) is 21.1. The predicted octanol–water partition coefficient (Wildman–Crippen LogP) is 3.81. The quantitative estimate of drug-likeness (QED) is 0.617. The summed E-state index contributed by atoms with van der Waals surface area (Å²) in [5.74, 6) is 1.71. The number of benzene rings is 2. The number of nitrogens with zero attached hydrogens (tertiary/aromatic N) is 4. The number of aromatic nitrogens is 2. The van der Waals surface area contributed by atoms with Gasteiger partial charge in [-0.15, -0.1) is 0 Å². The van der Waals surface area contributed by atoms with Gasteiger partial charge in [-0.1, -0.05) is 22.8 Å². The molecule has 1 aliphatic rings. The predicted molar refractivity (Wildman–Crippen MR) is 115 cm³/mol. The van der Waals surface area contributed by atoms with E-state index in [1.54, 1.807) is 38.1 Å². The first-order valence-corrected chi connectivity index (χ1v) is 10.2. The number of piperazine rings is 1. The average Bonchev–Trinajstić information content (AvgIpc) is 3.20. The van der Waals surface area contributed by atoms with Gasteiger partial charge in [0, 0.05) is 49.4 Å². The molecule has 1 atom stereocenters. The number of carbonyl (C=O) groups is 1. The highest BCUT2D eigenvalue weighted by molar-refractivity contribution is 6.30. The van der Waals surface area contributed by atoms with Crippen LogP contribution in [-0.2, 0) is 4.79 Å². The Balaban J connectivity index is 1.32. The smallest absolute Gasteiger partial charge is 0.263 e. The van der Waals surface area contributed by atoms with E-state index >= 15 is 0 Å². The molecule has 4 rings (SSSR count). The molecule has 1 aromatic heterocycles. The molecule has 0 radical (unpaired) electrons. The van der Waals surface area contributed by atoms with Gasteiger partial charge >= 0.3 is 0 Å². The lowest BCUT2D eigenvalue weighted by Gasteiger charge is -2.37. The van der Waals surface area contributed by atoms with E-state index in [0.717, 1.165) is 24.3 Å². The van der Waals surface area contributed by atoms with Crippen molar-refractivity contribution in [3.05, 3.63) is 59.4 Å². The van der Waals surface area contributed by atoms with Crippen molar-refractivity contribution in [1.82, 2.24) is 15.0 Å². The third-order valence-electron chi connectivity index (χ3n) is 5.07. The topological polar surface area (TPSA) is 71.7 Å². The van der Waals surface area contributed by atoms with Gasteiger partial charge in [0.2, 0.25) is 11.7 Å². The van der Waals surface area contributed by atoms with Gasteiger partial charge in [-0.05, 0) is 49.4 Å². The normalized spacial score (nSPS) is 15.2. The van der Waals surface area contributed by atoms with Crippen LogP contribution in [0.2, 0.25) is 5.02 Å². The minimum absolute atomic E-state index is 0.0163. The molecule has 8 heteroatoms. The van der Waals surface area contributed by atoms with E-state index in [1.165, 1.54) is 0 Å². The van der Waals surface area contributed by atoms with Crippen LogP contribution in [0.4, 0.5) is 5.69 Å². The van der Waals surface area contributed by atoms with Gasteiger partial charge in [-0.2, -0.15) is 4.98 Å². The van der Waals surface area contributed by atoms with Crippen LogP contribution < -0.4 is 9.64 Å². The van der Waals surface area contributed by atoms with Crippen molar-refractivity contribution in [3.8, 4) is 17.1 Å². The lowest BCUT2D eigenvalue weighted by molar-refractivity contribution is -0.138. The second-order valence-electron chi connectivity index (χ2n) is 7.21. The molecule has 0 saturated carbocycles. The second kappa shape index (κ2) is 8.75. The molecule has 2 aromatic carbocycles. The lowest BCUT2D eigenvalue weighted by atomic mass is 10.1. The maximum atomic E-state index is 12.8. The maximum absolute atomic E-state index is 12.8. The monoisotopic (exact) mass is 426 g/mol. The molecular formula is C22H23ClN4O3. The van der Waals surface area contributed by atoms with Crippen molar-refractivity contribution < 1.29 is 14.1 Å². The van der Waals surface area contributed by atoms with Crippen molar-refractivity contribution >= 4 is 23.2 Å². The number of hydrogen-bond acceptors (Lipinski definition) is 6. The summed E-state index contributed by atoms with van der Waals surface area (Å²) in [7, 11) is 0. The number of ether oxygens (including phenoxy) is 1. The van der Waals surface area contributed by atoms with Gasteiger partial charge in [0.25, 0.3) is 5.91 Å². The number of rotatable bonds is 5. The van der Waals surface area contributed by atoms with Crippen molar-refractivity contribution in [3.63, 3.8) is 0 Å². The Morgan fingerprint density at radius 3 is 2.50 bits per heavy atom. The molecule has 1 fully saturated rings. The lowest BCUT2D eigenvalue weighted by Crippen LogP contribution is -2.52. The molecule has 1 aliphatic heterocycles. The number of halogens is 1. The molecule has 0 aliphatic carbocycles. The van der Waals surface area contributed by atoms with E-state index in [4.69, 9.17) is 20.9 Å². The molecule has 0 bridgehead atoms. The van der Waals surface area contributed by atoms with Gasteiger partial charge in [0.1, 0.15) is 5.75 Å². The molecule has 30 heavy (non-hydrogen) atoms. The van der Waals surface area contributed by atoms with Crippen LogP contribution in [0.15, 0.2) is 53.1 Å². The maximum Gasteiger partial charge on any atom is 0.263 e. The number of hydrogen-bond donors (Lipinski definition) is 0. The van der Waals surface area contributed by atoms with Crippen molar-refractivity contribution in [2.75, 3.05) is 31.1 Å². The Morgan fingerprint density at radius 2 is 1.87 bits per heavy atom. The highest BCUT2D eigenvalue weighted by Gasteiger charge is 2.26. The Kier molecular flexibility index (Phi) is 5.90. The zero-order valence-corrected chi connectivity index (χ0v) is 17.7. The average molecular weight is 427 g/mol. The largest absolute Gasteiger partial charge is 0.481 e. The summed E-state index contributed by atoms with van der Waals surface area (Å²) in [5, 5.41) is 4.53. The number of anilines is 1. The van der Waals surface area contributed by atoms with Crippen LogP contribution in [-0.4, -0.2) is 53.2 Å². The van der Waals surface area contributed by atoms with E-state index in [-0.39, 0.29) is 5.91 Å². The summed E-state index contributed by atoms with van der Waals surface area (Å²) >= 11 is 5.98. The van der Waals surface area contributed by atoms with Gasteiger partial charge in [-0.3, -0.25) is 4.79 Å². The first kappa shape index (κ1) is 20.2. The molecule has 0 N–H and O–H groups in total. The fraction of sp³-hybridized carbons (Fsp3) is 0.318. The molecule has 7 nitrogen and oxygen atoms in total. The first-order chi connectivity index (χ1) is 14.5. The molecule has 1 saturated heterocycles. The fourth-order valence-electron chi connectivity index (χ4n) is 3.47. The van der Waals surface area contributed by atoms with E-state index in [9.17, 15) is 4.79 Å². The van der Waals surface area contributed by atoms with Crippen molar-refractivity contribution in [2.24, 2.45) is 0 Å². The molecule has 1 amide bonds. The molecule has 2 heterocycles. The van der Waals surface area contributed by atoms with Crippen LogP contribution in [0, 0.1) is 6.92 Å². The standard InChI is InChI=1S/C22H23ClN4O3/c1-15(29-20-5-3-4-18(23)14-20)22(28)27-12-10-26(11-13-27)19-8-6-17(7-9-19)21-24-16(2)30-25-21/h3-9,14-15H,10-13H2,1-2H3. The Hall–Kier alpha value is -3.06. The zero-order valence-electron chi connectivity index (χ0n) is 16.9. The Bertz CT molecular complexity index is 1010. The van der Waals surface area contributed by atoms with Gasteiger partial charge in [0.05, 0.1) is 0 Å². The van der Waals surface area contributed by atoms with Gasteiger partial charge in [0.15, 0.2) is 6.10 Å². The van der Waals surface area contributed by atoms with Crippen LogP contribution in [0.5, 0.6) is 5.75 Å². The third-order valence-corrected chi connectivity index (χ3v) is 5.30. The highest BCUT2D eigenvalue weighted by Crippen LogP contribution is 2.23. The minimum Gasteiger partial charge on any atom is -0.481 e.